The Kier molecular flexibility index (Phi) is 3.49. The summed E-state index contributed by atoms with van der Waals surface area (Å²) in [6.45, 7) is 0.708. The van der Waals surface area contributed by atoms with Gasteiger partial charge in [-0.2, -0.15) is 0 Å². The molecule has 0 bridgehead atoms. The largest absolute Gasteiger partial charge is 0.493 e. The summed E-state index contributed by atoms with van der Waals surface area (Å²) in [5.74, 6) is 1.25. The first-order valence-corrected chi connectivity index (χ1v) is 7.26. The molecule has 0 saturated heterocycles. The first-order valence-electron chi connectivity index (χ1n) is 6.89. The second kappa shape index (κ2) is 5.10. The van der Waals surface area contributed by atoms with Crippen molar-refractivity contribution in [1.82, 2.24) is 0 Å². The van der Waals surface area contributed by atoms with Crippen molar-refractivity contribution in [3.8, 4) is 5.75 Å². The summed E-state index contributed by atoms with van der Waals surface area (Å²) in [6, 6.07) is 3.84. The van der Waals surface area contributed by atoms with Crippen LogP contribution in [0.2, 0.25) is 5.02 Å². The van der Waals surface area contributed by atoms with Gasteiger partial charge in [0, 0.05) is 17.0 Å². The van der Waals surface area contributed by atoms with Crippen LogP contribution in [0.5, 0.6) is 5.75 Å². The molecule has 1 saturated carbocycles. The van der Waals surface area contributed by atoms with Crippen LogP contribution < -0.4 is 4.74 Å². The van der Waals surface area contributed by atoms with E-state index in [0.29, 0.717) is 17.5 Å². The molecule has 0 aromatic heterocycles. The van der Waals surface area contributed by atoms with Gasteiger partial charge in [0.2, 0.25) is 0 Å². The van der Waals surface area contributed by atoms with Gasteiger partial charge in [0.25, 0.3) is 0 Å². The fourth-order valence-electron chi connectivity index (χ4n) is 3.22. The van der Waals surface area contributed by atoms with Crippen LogP contribution in [0.25, 0.3) is 0 Å². The summed E-state index contributed by atoms with van der Waals surface area (Å²) in [7, 11) is 0. The normalized spacial score (nSPS) is 21.4. The molecule has 1 N–H and O–H groups in total. The van der Waals surface area contributed by atoms with Crippen molar-refractivity contribution >= 4 is 11.6 Å². The van der Waals surface area contributed by atoms with E-state index in [4.69, 9.17) is 16.3 Å². The van der Waals surface area contributed by atoms with Crippen LogP contribution in [-0.4, -0.2) is 11.7 Å². The first-order chi connectivity index (χ1) is 8.75. The third kappa shape index (κ3) is 2.24. The van der Waals surface area contributed by atoms with Crippen LogP contribution in [0.4, 0.5) is 0 Å². The van der Waals surface area contributed by atoms with E-state index in [-0.39, 0.29) is 0 Å². The molecule has 0 radical (unpaired) electrons. The van der Waals surface area contributed by atoms with E-state index in [1.54, 1.807) is 0 Å². The highest BCUT2D eigenvalue weighted by Gasteiger charge is 2.28. The number of aliphatic hydroxyl groups excluding tert-OH is 1. The minimum absolute atomic E-state index is 0.366. The monoisotopic (exact) mass is 266 g/mol. The van der Waals surface area contributed by atoms with Gasteiger partial charge in [0.15, 0.2) is 0 Å². The summed E-state index contributed by atoms with van der Waals surface area (Å²) in [6.07, 6.45) is 6.46. The molecule has 18 heavy (non-hydrogen) atoms. The predicted octanol–water partition coefficient (Wildman–Crippen LogP) is 3.89. The zero-order valence-corrected chi connectivity index (χ0v) is 11.2. The Labute approximate surface area is 113 Å². The van der Waals surface area contributed by atoms with Crippen molar-refractivity contribution in [2.75, 3.05) is 6.61 Å². The Morgan fingerprint density at radius 2 is 2.00 bits per heavy atom. The van der Waals surface area contributed by atoms with Crippen molar-refractivity contribution in [2.45, 2.75) is 44.6 Å². The van der Waals surface area contributed by atoms with Crippen molar-refractivity contribution in [3.63, 3.8) is 0 Å². The fourth-order valence-corrected chi connectivity index (χ4v) is 3.47. The van der Waals surface area contributed by atoms with Gasteiger partial charge in [-0.25, -0.2) is 0 Å². The lowest BCUT2D eigenvalue weighted by molar-refractivity contribution is 0.0824. The summed E-state index contributed by atoms with van der Waals surface area (Å²) >= 11 is 6.14. The molecule has 1 aromatic carbocycles. The Morgan fingerprint density at radius 3 is 2.78 bits per heavy atom. The Bertz CT molecular complexity index is 438. The van der Waals surface area contributed by atoms with Gasteiger partial charge < -0.3 is 9.84 Å². The van der Waals surface area contributed by atoms with Crippen molar-refractivity contribution < 1.29 is 9.84 Å². The summed E-state index contributed by atoms with van der Waals surface area (Å²) in [4.78, 5) is 0. The molecule has 1 fully saturated rings. The number of hydrogen-bond donors (Lipinski definition) is 1. The summed E-state index contributed by atoms with van der Waals surface area (Å²) in [5, 5.41) is 11.3. The molecule has 0 spiro atoms. The molecule has 2 nitrogen and oxygen atoms in total. The molecular weight excluding hydrogens is 248 g/mol. The number of hydrogen-bond acceptors (Lipinski definition) is 2. The number of fused-ring (bicyclic) bond motifs is 1. The second-order valence-corrected chi connectivity index (χ2v) is 5.86. The highest BCUT2D eigenvalue weighted by Crippen LogP contribution is 2.42. The molecule has 3 rings (SSSR count). The van der Waals surface area contributed by atoms with Gasteiger partial charge in [-0.1, -0.05) is 30.9 Å². The SMILES string of the molecule is OC(c1cc(Cl)cc2c1OCC2)C1CCCCC1. The smallest absolute Gasteiger partial charge is 0.128 e. The predicted molar refractivity (Wildman–Crippen MR) is 72.2 cm³/mol. The van der Waals surface area contributed by atoms with Gasteiger partial charge in [0.1, 0.15) is 5.75 Å². The molecule has 1 aliphatic carbocycles. The van der Waals surface area contributed by atoms with Crippen LogP contribution in [0.3, 0.4) is 0 Å². The van der Waals surface area contributed by atoms with E-state index in [9.17, 15) is 5.11 Å². The molecular formula is C15H19ClO2. The fraction of sp³-hybridized carbons (Fsp3) is 0.600. The maximum atomic E-state index is 10.6. The topological polar surface area (TPSA) is 29.5 Å². The standard InChI is InChI=1S/C15H19ClO2/c16-12-8-11-6-7-18-15(11)13(9-12)14(17)10-4-2-1-3-5-10/h8-10,14,17H,1-7H2. The molecule has 98 valence electrons. The minimum atomic E-state index is -0.421. The Hall–Kier alpha value is -0.730. The quantitative estimate of drug-likeness (QED) is 0.880. The third-order valence-electron chi connectivity index (χ3n) is 4.19. The van der Waals surface area contributed by atoms with E-state index in [1.165, 1.54) is 19.3 Å². The zero-order chi connectivity index (χ0) is 12.5. The second-order valence-electron chi connectivity index (χ2n) is 5.42. The first kappa shape index (κ1) is 12.3. The molecule has 1 unspecified atom stereocenters. The van der Waals surface area contributed by atoms with Gasteiger partial charge in [-0.15, -0.1) is 0 Å². The number of aliphatic hydroxyl groups is 1. The average Bonchev–Trinajstić information content (AvgIpc) is 2.86. The highest BCUT2D eigenvalue weighted by atomic mass is 35.5. The molecule has 1 aromatic rings. The van der Waals surface area contributed by atoms with Crippen molar-refractivity contribution in [1.29, 1.82) is 0 Å². The third-order valence-corrected chi connectivity index (χ3v) is 4.41. The maximum Gasteiger partial charge on any atom is 0.128 e. The lowest BCUT2D eigenvalue weighted by Gasteiger charge is -2.27. The highest BCUT2D eigenvalue weighted by molar-refractivity contribution is 6.30. The van der Waals surface area contributed by atoms with Crippen LogP contribution in [-0.2, 0) is 6.42 Å². The minimum Gasteiger partial charge on any atom is -0.493 e. The molecule has 2 aliphatic rings. The van der Waals surface area contributed by atoms with E-state index in [0.717, 1.165) is 36.1 Å². The van der Waals surface area contributed by atoms with E-state index in [2.05, 4.69) is 0 Å². The summed E-state index contributed by atoms with van der Waals surface area (Å²) in [5.41, 5.74) is 2.05. The van der Waals surface area contributed by atoms with Gasteiger partial charge in [0.05, 0.1) is 12.7 Å². The van der Waals surface area contributed by atoms with Gasteiger partial charge >= 0.3 is 0 Å². The van der Waals surface area contributed by atoms with Gasteiger partial charge in [-0.3, -0.25) is 0 Å². The number of rotatable bonds is 2. The van der Waals surface area contributed by atoms with Crippen LogP contribution in [0.15, 0.2) is 12.1 Å². The average molecular weight is 267 g/mol. The lowest BCUT2D eigenvalue weighted by atomic mass is 9.82. The van der Waals surface area contributed by atoms with Crippen LogP contribution in [0.1, 0.15) is 49.3 Å². The Morgan fingerprint density at radius 1 is 1.22 bits per heavy atom. The lowest BCUT2D eigenvalue weighted by Crippen LogP contribution is -2.16. The molecule has 1 aliphatic heterocycles. The number of benzene rings is 1. The summed E-state index contributed by atoms with van der Waals surface area (Å²) < 4.78 is 5.68. The number of halogens is 1. The molecule has 1 atom stereocenters. The van der Waals surface area contributed by atoms with Crippen LogP contribution >= 0.6 is 11.6 Å². The Balaban J connectivity index is 1.91. The van der Waals surface area contributed by atoms with Crippen molar-refractivity contribution in [3.05, 3.63) is 28.3 Å². The van der Waals surface area contributed by atoms with E-state index < -0.39 is 6.10 Å². The van der Waals surface area contributed by atoms with Crippen molar-refractivity contribution in [2.24, 2.45) is 5.92 Å². The van der Waals surface area contributed by atoms with E-state index in [1.807, 2.05) is 12.1 Å². The van der Waals surface area contributed by atoms with Gasteiger partial charge in [-0.05, 0) is 36.5 Å². The molecule has 1 heterocycles. The molecule has 0 amide bonds. The maximum absolute atomic E-state index is 10.6. The zero-order valence-electron chi connectivity index (χ0n) is 10.5. The van der Waals surface area contributed by atoms with Crippen LogP contribution in [0, 0.1) is 5.92 Å². The molecule has 3 heteroatoms. The van der Waals surface area contributed by atoms with E-state index >= 15 is 0 Å². The number of ether oxygens (including phenoxy) is 1.